The van der Waals surface area contributed by atoms with Gasteiger partial charge in [0.05, 0.1) is 22.3 Å². The number of alkyl halides is 1. The molecule has 3 aromatic carbocycles. The van der Waals surface area contributed by atoms with Crippen LogP contribution in [0.15, 0.2) is 72.8 Å². The summed E-state index contributed by atoms with van der Waals surface area (Å²) < 4.78 is 17.4. The molecule has 0 saturated carbocycles. The molecular weight excluding hydrogens is 571 g/mol. The van der Waals surface area contributed by atoms with Gasteiger partial charge in [0.1, 0.15) is 18.1 Å². The second kappa shape index (κ2) is 14.1. The molecule has 164 valence electrons. The SMILES string of the molecule is BrCc1ccccc1.CCOC(=O)c1cc(OCC)c(I)c(OCc2ccccc2)c1. The third-order valence-corrected chi connectivity index (χ3v) is 5.76. The number of carbonyl (C=O) groups is 1. The predicted molar refractivity (Wildman–Crippen MR) is 136 cm³/mol. The molecule has 0 atom stereocenters. The molecule has 0 aliphatic heterocycles. The van der Waals surface area contributed by atoms with Crippen molar-refractivity contribution >= 4 is 44.5 Å². The molecule has 0 aliphatic carbocycles. The Bertz CT molecular complexity index is 933. The van der Waals surface area contributed by atoms with E-state index in [0.29, 0.717) is 36.9 Å². The maximum Gasteiger partial charge on any atom is 0.338 e. The summed E-state index contributed by atoms with van der Waals surface area (Å²) in [6.45, 7) is 4.95. The number of carbonyl (C=O) groups excluding carboxylic acids is 1. The molecule has 3 rings (SSSR count). The highest BCUT2D eigenvalue weighted by molar-refractivity contribution is 14.1. The smallest absolute Gasteiger partial charge is 0.338 e. The van der Waals surface area contributed by atoms with Crippen LogP contribution in [0, 0.1) is 3.57 Å². The van der Waals surface area contributed by atoms with Crippen LogP contribution in [0.1, 0.15) is 35.3 Å². The van der Waals surface area contributed by atoms with Gasteiger partial charge in [-0.15, -0.1) is 0 Å². The fourth-order valence-corrected chi connectivity index (χ4v) is 3.57. The molecule has 31 heavy (non-hydrogen) atoms. The quantitative estimate of drug-likeness (QED) is 0.159. The molecule has 0 amide bonds. The zero-order valence-corrected chi connectivity index (χ0v) is 21.4. The first-order valence-electron chi connectivity index (χ1n) is 9.99. The van der Waals surface area contributed by atoms with Crippen LogP contribution >= 0.6 is 38.5 Å². The third-order valence-electron chi connectivity index (χ3n) is 4.05. The molecule has 0 heterocycles. The van der Waals surface area contributed by atoms with E-state index in [4.69, 9.17) is 14.2 Å². The number of hydrogen-bond donors (Lipinski definition) is 0. The lowest BCUT2D eigenvalue weighted by Crippen LogP contribution is -2.07. The van der Waals surface area contributed by atoms with Crippen LogP contribution < -0.4 is 9.47 Å². The average molecular weight is 597 g/mol. The standard InChI is InChI=1S/C18H19IO4.C7H7Br/c1-3-21-15-10-14(18(20)22-4-2)11-16(17(15)19)23-12-13-8-6-5-7-9-13;8-6-7-4-2-1-3-5-7/h5-11H,3-4,12H2,1-2H3;1-5H,6H2. The first kappa shape index (κ1) is 25.2. The second-order valence-corrected chi connectivity index (χ2v) is 7.97. The summed E-state index contributed by atoms with van der Waals surface area (Å²) >= 11 is 5.52. The molecule has 0 aliphatic rings. The molecule has 0 aromatic heterocycles. The van der Waals surface area contributed by atoms with Gasteiger partial charge in [-0.25, -0.2) is 4.79 Å². The van der Waals surface area contributed by atoms with Crippen molar-refractivity contribution in [3.63, 3.8) is 0 Å². The Balaban J connectivity index is 0.000000357. The summed E-state index contributed by atoms with van der Waals surface area (Å²) in [6.07, 6.45) is 0. The Morgan fingerprint density at radius 1 is 0.839 bits per heavy atom. The van der Waals surface area contributed by atoms with Crippen molar-refractivity contribution in [1.29, 1.82) is 0 Å². The van der Waals surface area contributed by atoms with Gasteiger partial charge in [-0.1, -0.05) is 76.6 Å². The van der Waals surface area contributed by atoms with Crippen molar-refractivity contribution in [2.75, 3.05) is 13.2 Å². The topological polar surface area (TPSA) is 44.8 Å². The monoisotopic (exact) mass is 596 g/mol. The van der Waals surface area contributed by atoms with Crippen LogP contribution in [0.5, 0.6) is 11.5 Å². The van der Waals surface area contributed by atoms with Crippen molar-refractivity contribution in [2.45, 2.75) is 25.8 Å². The summed E-state index contributed by atoms with van der Waals surface area (Å²) in [5.74, 6) is 0.861. The molecule has 0 fully saturated rings. The van der Waals surface area contributed by atoms with E-state index in [9.17, 15) is 4.79 Å². The van der Waals surface area contributed by atoms with Crippen molar-refractivity contribution in [1.82, 2.24) is 0 Å². The lowest BCUT2D eigenvalue weighted by Gasteiger charge is -2.14. The number of halogens is 2. The minimum atomic E-state index is -0.380. The van der Waals surface area contributed by atoms with Crippen molar-refractivity contribution in [3.05, 3.63) is 93.1 Å². The highest BCUT2D eigenvalue weighted by Gasteiger charge is 2.16. The Kier molecular flexibility index (Phi) is 11.5. The average Bonchev–Trinajstić information content (AvgIpc) is 2.81. The summed E-state index contributed by atoms with van der Waals surface area (Å²) in [6, 6.07) is 23.5. The molecule has 3 aromatic rings. The van der Waals surface area contributed by atoms with E-state index in [-0.39, 0.29) is 5.97 Å². The van der Waals surface area contributed by atoms with Crippen LogP contribution in [0.2, 0.25) is 0 Å². The summed E-state index contributed by atoms with van der Waals surface area (Å²) in [7, 11) is 0. The molecule has 4 nitrogen and oxygen atoms in total. The Morgan fingerprint density at radius 3 is 1.87 bits per heavy atom. The summed E-state index contributed by atoms with van der Waals surface area (Å²) in [4.78, 5) is 12.0. The highest BCUT2D eigenvalue weighted by Crippen LogP contribution is 2.33. The Hall–Kier alpha value is -2.06. The van der Waals surface area contributed by atoms with Crippen LogP contribution in [0.25, 0.3) is 0 Å². The molecule has 0 unspecified atom stereocenters. The zero-order valence-electron chi connectivity index (χ0n) is 17.6. The first-order chi connectivity index (χ1) is 15.1. The van der Waals surface area contributed by atoms with E-state index in [1.54, 1.807) is 19.1 Å². The van der Waals surface area contributed by atoms with E-state index in [1.165, 1.54) is 5.56 Å². The number of hydrogen-bond acceptors (Lipinski definition) is 4. The van der Waals surface area contributed by atoms with E-state index >= 15 is 0 Å². The van der Waals surface area contributed by atoms with Crippen molar-refractivity contribution < 1.29 is 19.0 Å². The maximum absolute atomic E-state index is 12.0. The van der Waals surface area contributed by atoms with Crippen LogP contribution in [0.3, 0.4) is 0 Å². The van der Waals surface area contributed by atoms with Gasteiger partial charge in [0.2, 0.25) is 0 Å². The largest absolute Gasteiger partial charge is 0.493 e. The molecule has 0 bridgehead atoms. The van der Waals surface area contributed by atoms with Gasteiger partial charge in [0.15, 0.2) is 0 Å². The van der Waals surface area contributed by atoms with Gasteiger partial charge in [0, 0.05) is 5.33 Å². The lowest BCUT2D eigenvalue weighted by atomic mass is 10.2. The van der Waals surface area contributed by atoms with Crippen molar-refractivity contribution in [2.24, 2.45) is 0 Å². The summed E-state index contributed by atoms with van der Waals surface area (Å²) in [5.41, 5.74) is 2.81. The molecule has 6 heteroatoms. The zero-order chi connectivity index (χ0) is 22.5. The van der Waals surface area contributed by atoms with Crippen molar-refractivity contribution in [3.8, 4) is 11.5 Å². The molecule has 0 spiro atoms. The number of esters is 1. The van der Waals surface area contributed by atoms with Gasteiger partial charge >= 0.3 is 5.97 Å². The lowest BCUT2D eigenvalue weighted by molar-refractivity contribution is 0.0525. The van der Waals surface area contributed by atoms with E-state index < -0.39 is 0 Å². The van der Waals surface area contributed by atoms with Gasteiger partial charge in [-0.3, -0.25) is 0 Å². The highest BCUT2D eigenvalue weighted by atomic mass is 127. The Morgan fingerprint density at radius 2 is 1.39 bits per heavy atom. The van der Waals surface area contributed by atoms with E-state index in [1.807, 2.05) is 55.5 Å². The number of ether oxygens (including phenoxy) is 3. The van der Waals surface area contributed by atoms with E-state index in [2.05, 4.69) is 50.7 Å². The summed E-state index contributed by atoms with van der Waals surface area (Å²) in [5, 5.41) is 0.952. The molecular formula is C25H26BrIO4. The predicted octanol–water partition coefficient (Wildman–Crippen LogP) is 7.03. The van der Waals surface area contributed by atoms with E-state index in [0.717, 1.165) is 14.5 Å². The first-order valence-corrected chi connectivity index (χ1v) is 12.2. The van der Waals surface area contributed by atoms with Crippen LogP contribution in [-0.2, 0) is 16.7 Å². The molecule has 0 radical (unpaired) electrons. The Labute approximate surface area is 206 Å². The number of benzene rings is 3. The fraction of sp³-hybridized carbons (Fsp3) is 0.240. The van der Waals surface area contributed by atoms with Crippen LogP contribution in [-0.4, -0.2) is 19.2 Å². The molecule has 0 saturated heterocycles. The minimum absolute atomic E-state index is 0.328. The second-order valence-electron chi connectivity index (χ2n) is 6.33. The van der Waals surface area contributed by atoms with Gasteiger partial charge in [-0.2, -0.15) is 0 Å². The van der Waals surface area contributed by atoms with Gasteiger partial charge < -0.3 is 14.2 Å². The minimum Gasteiger partial charge on any atom is -0.493 e. The van der Waals surface area contributed by atoms with Crippen LogP contribution in [0.4, 0.5) is 0 Å². The maximum atomic E-state index is 12.0. The normalized spacial score (nSPS) is 9.94. The number of rotatable bonds is 8. The van der Waals surface area contributed by atoms with Gasteiger partial charge in [0.25, 0.3) is 0 Å². The molecule has 0 N–H and O–H groups in total. The third kappa shape index (κ3) is 8.53. The fourth-order valence-electron chi connectivity index (χ4n) is 2.57. The van der Waals surface area contributed by atoms with Gasteiger partial charge in [-0.05, 0) is 59.7 Å².